The number of ether oxygens (including phenoxy) is 1. The number of carbonyl (C=O) groups is 2. The first-order valence-corrected chi connectivity index (χ1v) is 7.27. The number of aromatic nitrogens is 1. The Morgan fingerprint density at radius 2 is 2.19 bits per heavy atom. The number of aliphatic carboxylic acids is 1. The molecule has 6 nitrogen and oxygen atoms in total. The van der Waals surface area contributed by atoms with Crippen LogP contribution in [0, 0.1) is 0 Å². The third kappa shape index (κ3) is 4.24. The Morgan fingerprint density at radius 1 is 1.43 bits per heavy atom. The van der Waals surface area contributed by atoms with Gasteiger partial charge in [0.1, 0.15) is 0 Å². The van der Waals surface area contributed by atoms with E-state index in [2.05, 4.69) is 10.3 Å². The van der Waals surface area contributed by atoms with Crippen molar-refractivity contribution in [2.24, 2.45) is 0 Å². The van der Waals surface area contributed by atoms with Crippen LogP contribution in [0.3, 0.4) is 0 Å². The minimum atomic E-state index is -1.11. The number of fused-ring (bicyclic) bond motifs is 1. The molecule has 0 saturated heterocycles. The second kappa shape index (κ2) is 7.14. The van der Waals surface area contributed by atoms with Gasteiger partial charge in [-0.3, -0.25) is 4.79 Å². The fourth-order valence-electron chi connectivity index (χ4n) is 1.86. The molecule has 0 radical (unpaired) electrons. The second-order valence-electron chi connectivity index (χ2n) is 4.49. The Kier molecular flexibility index (Phi) is 5.24. The lowest BCUT2D eigenvalue weighted by atomic mass is 10.2. The molecule has 2 aromatic rings. The summed E-state index contributed by atoms with van der Waals surface area (Å²) in [5, 5.41) is 12.2. The van der Waals surface area contributed by atoms with Gasteiger partial charge in [0.15, 0.2) is 6.04 Å². The highest BCUT2D eigenvalue weighted by Crippen LogP contribution is 2.22. The van der Waals surface area contributed by atoms with Crippen molar-refractivity contribution in [2.75, 3.05) is 13.7 Å². The van der Waals surface area contributed by atoms with Crippen molar-refractivity contribution in [3.05, 3.63) is 29.3 Å². The molecule has 0 fully saturated rings. The molecule has 1 aromatic heterocycles. The van der Waals surface area contributed by atoms with Gasteiger partial charge in [0.2, 0.25) is 5.91 Å². The van der Waals surface area contributed by atoms with Crippen molar-refractivity contribution in [1.82, 2.24) is 10.3 Å². The number of para-hydroxylation sites is 1. The van der Waals surface area contributed by atoms with Crippen LogP contribution in [0.2, 0.25) is 0 Å². The first kappa shape index (κ1) is 15.4. The molecule has 0 aliphatic rings. The molecule has 0 bridgehead atoms. The summed E-state index contributed by atoms with van der Waals surface area (Å²) >= 11 is 1.54. The Hall–Kier alpha value is -1.99. The van der Waals surface area contributed by atoms with Crippen LogP contribution in [-0.4, -0.2) is 41.7 Å². The Bertz CT molecular complexity index is 608. The van der Waals surface area contributed by atoms with Crippen molar-refractivity contribution in [2.45, 2.75) is 18.9 Å². The average molecular weight is 308 g/mol. The van der Waals surface area contributed by atoms with Crippen molar-refractivity contribution in [3.63, 3.8) is 0 Å². The van der Waals surface area contributed by atoms with Gasteiger partial charge in [-0.2, -0.15) is 0 Å². The van der Waals surface area contributed by atoms with Crippen molar-refractivity contribution in [1.29, 1.82) is 0 Å². The highest BCUT2D eigenvalue weighted by molar-refractivity contribution is 7.18. The van der Waals surface area contributed by atoms with Gasteiger partial charge in [0.05, 0.1) is 21.8 Å². The van der Waals surface area contributed by atoms with Crippen LogP contribution in [0.1, 0.15) is 11.4 Å². The third-order valence-electron chi connectivity index (χ3n) is 2.87. The number of amides is 1. The number of methoxy groups -OCH3 is 1. The molecule has 2 N–H and O–H groups in total. The number of carboxylic acids is 1. The topological polar surface area (TPSA) is 88.5 Å². The van der Waals surface area contributed by atoms with Crippen LogP contribution >= 0.6 is 11.3 Å². The van der Waals surface area contributed by atoms with Gasteiger partial charge in [-0.05, 0) is 12.1 Å². The SMILES string of the molecule is COCC(NC(=O)CCc1nc2ccccc2s1)C(=O)O. The third-order valence-corrected chi connectivity index (χ3v) is 3.97. The van der Waals surface area contributed by atoms with E-state index < -0.39 is 12.0 Å². The maximum Gasteiger partial charge on any atom is 0.328 e. The fourth-order valence-corrected chi connectivity index (χ4v) is 2.82. The minimum absolute atomic E-state index is 0.0534. The van der Waals surface area contributed by atoms with E-state index in [-0.39, 0.29) is 18.9 Å². The van der Waals surface area contributed by atoms with Crippen LogP contribution in [-0.2, 0) is 20.7 Å². The number of nitrogens with one attached hydrogen (secondary N) is 1. The molecule has 0 aliphatic heterocycles. The summed E-state index contributed by atoms with van der Waals surface area (Å²) in [4.78, 5) is 27.1. The van der Waals surface area contributed by atoms with E-state index in [9.17, 15) is 9.59 Å². The number of nitrogens with zero attached hydrogens (tertiary/aromatic N) is 1. The van der Waals surface area contributed by atoms with Gasteiger partial charge >= 0.3 is 5.97 Å². The van der Waals surface area contributed by atoms with Gasteiger partial charge in [-0.15, -0.1) is 11.3 Å². The molecule has 21 heavy (non-hydrogen) atoms. The summed E-state index contributed by atoms with van der Waals surface area (Å²) in [6.07, 6.45) is 0.692. The number of hydrogen-bond acceptors (Lipinski definition) is 5. The number of thiazole rings is 1. The first-order valence-electron chi connectivity index (χ1n) is 6.45. The number of carboxylic acid groups (broad SMARTS) is 1. The number of benzene rings is 1. The van der Waals surface area contributed by atoms with E-state index in [1.54, 1.807) is 11.3 Å². The summed E-state index contributed by atoms with van der Waals surface area (Å²) in [6.45, 7) is -0.0534. The number of aryl methyl sites for hydroxylation is 1. The molecule has 1 aromatic carbocycles. The second-order valence-corrected chi connectivity index (χ2v) is 5.60. The monoisotopic (exact) mass is 308 g/mol. The smallest absolute Gasteiger partial charge is 0.328 e. The van der Waals surface area contributed by atoms with Gasteiger partial charge in [0, 0.05) is 20.0 Å². The molecule has 1 heterocycles. The lowest BCUT2D eigenvalue weighted by Crippen LogP contribution is -2.43. The standard InChI is InChI=1S/C14H16N2O4S/c1-20-8-10(14(18)19)15-12(17)6-7-13-16-9-4-2-3-5-11(9)21-13/h2-5,10H,6-8H2,1H3,(H,15,17)(H,18,19). The zero-order chi connectivity index (χ0) is 15.2. The zero-order valence-electron chi connectivity index (χ0n) is 11.5. The first-order chi connectivity index (χ1) is 10.1. The Balaban J connectivity index is 1.89. The van der Waals surface area contributed by atoms with E-state index >= 15 is 0 Å². The number of rotatable bonds is 7. The number of hydrogen-bond donors (Lipinski definition) is 2. The molecular formula is C14H16N2O4S. The minimum Gasteiger partial charge on any atom is -0.480 e. The van der Waals surface area contributed by atoms with Crippen LogP contribution in [0.15, 0.2) is 24.3 Å². The average Bonchev–Trinajstić information content (AvgIpc) is 2.87. The fraction of sp³-hybridized carbons (Fsp3) is 0.357. The molecule has 0 aliphatic carbocycles. The molecule has 1 unspecified atom stereocenters. The Morgan fingerprint density at radius 3 is 2.86 bits per heavy atom. The molecule has 2 rings (SSSR count). The van der Waals surface area contributed by atoms with E-state index in [4.69, 9.17) is 9.84 Å². The lowest BCUT2D eigenvalue weighted by molar-refractivity contribution is -0.143. The Labute approximate surface area is 125 Å². The summed E-state index contributed by atoms with van der Waals surface area (Å²) in [6, 6.07) is 6.75. The predicted octanol–water partition coefficient (Wildman–Crippen LogP) is 1.44. The molecule has 0 saturated carbocycles. The molecule has 1 amide bonds. The highest BCUT2D eigenvalue weighted by atomic mass is 32.1. The zero-order valence-corrected chi connectivity index (χ0v) is 12.4. The molecular weight excluding hydrogens is 292 g/mol. The highest BCUT2D eigenvalue weighted by Gasteiger charge is 2.19. The van der Waals surface area contributed by atoms with Crippen LogP contribution in [0.25, 0.3) is 10.2 Å². The molecule has 7 heteroatoms. The largest absolute Gasteiger partial charge is 0.480 e. The molecule has 112 valence electrons. The molecule has 1 atom stereocenters. The quantitative estimate of drug-likeness (QED) is 0.808. The number of carbonyl (C=O) groups excluding carboxylic acids is 1. The maximum atomic E-state index is 11.8. The van der Waals surface area contributed by atoms with Crippen LogP contribution in [0.5, 0.6) is 0 Å². The van der Waals surface area contributed by atoms with Crippen molar-refractivity contribution < 1.29 is 19.4 Å². The van der Waals surface area contributed by atoms with Gasteiger partial charge in [0.25, 0.3) is 0 Å². The normalized spacial score (nSPS) is 12.2. The summed E-state index contributed by atoms with van der Waals surface area (Å²) in [7, 11) is 1.39. The van der Waals surface area contributed by atoms with Gasteiger partial charge < -0.3 is 15.2 Å². The van der Waals surface area contributed by atoms with Crippen molar-refractivity contribution in [3.8, 4) is 0 Å². The van der Waals surface area contributed by atoms with Gasteiger partial charge in [-0.25, -0.2) is 9.78 Å². The van der Waals surface area contributed by atoms with E-state index in [1.807, 2.05) is 24.3 Å². The summed E-state index contributed by atoms with van der Waals surface area (Å²) < 4.78 is 5.84. The summed E-state index contributed by atoms with van der Waals surface area (Å²) in [5.74, 6) is -1.43. The van der Waals surface area contributed by atoms with Crippen molar-refractivity contribution >= 4 is 33.4 Å². The van der Waals surface area contributed by atoms with Crippen LogP contribution in [0.4, 0.5) is 0 Å². The van der Waals surface area contributed by atoms with E-state index in [0.717, 1.165) is 15.2 Å². The predicted molar refractivity (Wildman–Crippen MR) is 79.4 cm³/mol. The lowest BCUT2D eigenvalue weighted by Gasteiger charge is -2.12. The maximum absolute atomic E-state index is 11.8. The van der Waals surface area contributed by atoms with Gasteiger partial charge in [-0.1, -0.05) is 12.1 Å². The molecule has 0 spiro atoms. The van der Waals surface area contributed by atoms with E-state index in [1.165, 1.54) is 7.11 Å². The van der Waals surface area contributed by atoms with E-state index in [0.29, 0.717) is 6.42 Å². The van der Waals surface area contributed by atoms with Crippen LogP contribution < -0.4 is 5.32 Å². The summed E-state index contributed by atoms with van der Waals surface area (Å²) in [5.41, 5.74) is 0.917.